The van der Waals surface area contributed by atoms with Gasteiger partial charge in [-0.15, -0.1) is 10.2 Å². The predicted octanol–water partition coefficient (Wildman–Crippen LogP) is 4.88. The monoisotopic (exact) mass is 376 g/mol. The van der Waals surface area contributed by atoms with Gasteiger partial charge in [0, 0.05) is 17.0 Å². The Morgan fingerprint density at radius 2 is 1.89 bits per heavy atom. The summed E-state index contributed by atoms with van der Waals surface area (Å²) in [6, 6.07) is 18.1. The lowest BCUT2D eigenvalue weighted by Crippen LogP contribution is -2.23. The quantitative estimate of drug-likeness (QED) is 0.640. The molecule has 27 heavy (non-hydrogen) atoms. The van der Waals surface area contributed by atoms with Crippen molar-refractivity contribution in [2.75, 3.05) is 11.1 Å². The van der Waals surface area contributed by atoms with Gasteiger partial charge in [0.05, 0.1) is 0 Å². The van der Waals surface area contributed by atoms with Crippen LogP contribution in [0.4, 0.5) is 5.69 Å². The molecule has 5 nitrogen and oxygen atoms in total. The SMILES string of the molecule is CCCSc1nnc2c(n1)OC(C=Cc1ccccc1)Nc1ccccc1-2. The molecule has 3 aromatic rings. The highest BCUT2D eigenvalue weighted by Gasteiger charge is 2.23. The van der Waals surface area contributed by atoms with Gasteiger partial charge in [-0.1, -0.05) is 73.3 Å². The van der Waals surface area contributed by atoms with Gasteiger partial charge in [0.25, 0.3) is 0 Å². The number of aromatic nitrogens is 3. The van der Waals surface area contributed by atoms with Crippen molar-refractivity contribution < 1.29 is 4.74 Å². The topological polar surface area (TPSA) is 59.9 Å². The molecule has 0 saturated heterocycles. The van der Waals surface area contributed by atoms with Crippen LogP contribution in [0.3, 0.4) is 0 Å². The highest BCUT2D eigenvalue weighted by atomic mass is 32.2. The number of para-hydroxylation sites is 1. The zero-order valence-electron chi connectivity index (χ0n) is 15.0. The van der Waals surface area contributed by atoms with E-state index in [0.29, 0.717) is 16.7 Å². The van der Waals surface area contributed by atoms with E-state index in [4.69, 9.17) is 4.74 Å². The van der Waals surface area contributed by atoms with Crippen molar-refractivity contribution >= 4 is 23.5 Å². The molecular formula is C21H20N4OS. The number of ether oxygens (including phenoxy) is 1. The minimum Gasteiger partial charge on any atom is -0.448 e. The normalized spacial score (nSPS) is 15.4. The van der Waals surface area contributed by atoms with E-state index in [-0.39, 0.29) is 6.23 Å². The van der Waals surface area contributed by atoms with Gasteiger partial charge in [0.2, 0.25) is 11.0 Å². The summed E-state index contributed by atoms with van der Waals surface area (Å²) in [5, 5.41) is 12.7. The lowest BCUT2D eigenvalue weighted by molar-refractivity contribution is 0.266. The van der Waals surface area contributed by atoms with E-state index in [0.717, 1.165) is 29.0 Å². The van der Waals surface area contributed by atoms with Crippen LogP contribution in [0.5, 0.6) is 5.88 Å². The molecule has 0 spiro atoms. The summed E-state index contributed by atoms with van der Waals surface area (Å²) in [5.41, 5.74) is 3.66. The van der Waals surface area contributed by atoms with Crippen LogP contribution in [0.2, 0.25) is 0 Å². The molecule has 1 atom stereocenters. The van der Waals surface area contributed by atoms with Crippen LogP contribution < -0.4 is 10.1 Å². The predicted molar refractivity (Wildman–Crippen MR) is 110 cm³/mol. The average Bonchev–Trinajstić information content (AvgIpc) is 2.87. The number of rotatable bonds is 5. The van der Waals surface area contributed by atoms with Crippen LogP contribution in [0, 0.1) is 0 Å². The molecule has 0 saturated carbocycles. The second-order valence-electron chi connectivity index (χ2n) is 6.09. The Kier molecular flexibility index (Phi) is 5.34. The third-order valence-corrected chi connectivity index (χ3v) is 5.10. The van der Waals surface area contributed by atoms with Crippen LogP contribution in [-0.4, -0.2) is 27.2 Å². The summed E-state index contributed by atoms with van der Waals surface area (Å²) in [5.74, 6) is 1.45. The first kappa shape index (κ1) is 17.5. The van der Waals surface area contributed by atoms with Gasteiger partial charge in [0.15, 0.2) is 11.9 Å². The second kappa shape index (κ2) is 8.22. The first-order chi connectivity index (χ1) is 13.3. The average molecular weight is 376 g/mol. The maximum absolute atomic E-state index is 6.16. The van der Waals surface area contributed by atoms with Crippen molar-refractivity contribution in [1.29, 1.82) is 0 Å². The number of benzene rings is 2. The van der Waals surface area contributed by atoms with Crippen molar-refractivity contribution in [3.8, 4) is 17.1 Å². The van der Waals surface area contributed by atoms with Crippen molar-refractivity contribution in [2.45, 2.75) is 24.7 Å². The Hall–Kier alpha value is -2.86. The van der Waals surface area contributed by atoms with Gasteiger partial charge >= 0.3 is 0 Å². The molecule has 0 aliphatic carbocycles. The van der Waals surface area contributed by atoms with Crippen molar-refractivity contribution in [1.82, 2.24) is 15.2 Å². The minimum absolute atomic E-state index is 0.353. The number of nitrogens with one attached hydrogen (secondary N) is 1. The second-order valence-corrected chi connectivity index (χ2v) is 7.16. The molecular weight excluding hydrogens is 356 g/mol. The molecule has 0 amide bonds. The van der Waals surface area contributed by atoms with E-state index in [2.05, 4.69) is 39.6 Å². The summed E-state index contributed by atoms with van der Waals surface area (Å²) in [6.45, 7) is 2.13. The fourth-order valence-electron chi connectivity index (χ4n) is 2.77. The van der Waals surface area contributed by atoms with Crippen molar-refractivity contribution in [3.63, 3.8) is 0 Å². The number of fused-ring (bicyclic) bond motifs is 3. The molecule has 1 aromatic heterocycles. The fraction of sp³-hybridized carbons (Fsp3) is 0.190. The molecule has 2 heterocycles. The van der Waals surface area contributed by atoms with E-state index in [9.17, 15) is 0 Å². The lowest BCUT2D eigenvalue weighted by atomic mass is 10.1. The van der Waals surface area contributed by atoms with Crippen LogP contribution >= 0.6 is 11.8 Å². The van der Waals surface area contributed by atoms with Crippen LogP contribution in [0.25, 0.3) is 17.3 Å². The fourth-order valence-corrected chi connectivity index (χ4v) is 3.40. The summed E-state index contributed by atoms with van der Waals surface area (Å²) in [7, 11) is 0. The maximum Gasteiger partial charge on any atom is 0.247 e. The molecule has 0 bridgehead atoms. The van der Waals surface area contributed by atoms with Crippen molar-refractivity contribution in [3.05, 3.63) is 66.2 Å². The molecule has 1 aliphatic rings. The number of hydrogen-bond acceptors (Lipinski definition) is 6. The molecule has 2 aromatic carbocycles. The molecule has 0 radical (unpaired) electrons. The number of thioether (sulfide) groups is 1. The van der Waals surface area contributed by atoms with Crippen LogP contribution in [-0.2, 0) is 0 Å². The van der Waals surface area contributed by atoms with Gasteiger partial charge in [-0.25, -0.2) is 0 Å². The lowest BCUT2D eigenvalue weighted by Gasteiger charge is -2.15. The zero-order chi connectivity index (χ0) is 18.5. The largest absolute Gasteiger partial charge is 0.448 e. The summed E-state index contributed by atoms with van der Waals surface area (Å²) >= 11 is 1.59. The third-order valence-electron chi connectivity index (χ3n) is 4.05. The molecule has 1 N–H and O–H groups in total. The van der Waals surface area contributed by atoms with Crippen molar-refractivity contribution in [2.24, 2.45) is 0 Å². The van der Waals surface area contributed by atoms with Gasteiger partial charge in [-0.2, -0.15) is 4.98 Å². The molecule has 6 heteroatoms. The Labute approximate surface area is 162 Å². The molecule has 136 valence electrons. The first-order valence-corrected chi connectivity index (χ1v) is 9.95. The summed E-state index contributed by atoms with van der Waals surface area (Å²) in [4.78, 5) is 4.61. The highest BCUT2D eigenvalue weighted by molar-refractivity contribution is 7.99. The third kappa shape index (κ3) is 4.11. The van der Waals surface area contributed by atoms with E-state index < -0.39 is 0 Å². The van der Waals surface area contributed by atoms with Gasteiger partial charge in [-0.3, -0.25) is 0 Å². The standard InChI is InChI=1S/C21H20N4OS/c1-2-14-27-21-23-20-19(24-25-21)16-10-6-7-11-17(16)22-18(26-20)13-12-15-8-4-3-5-9-15/h3-13,18,22H,2,14H2,1H3. The maximum atomic E-state index is 6.16. The molecule has 0 fully saturated rings. The van der Waals surface area contributed by atoms with Gasteiger partial charge < -0.3 is 10.1 Å². The molecule has 1 unspecified atom stereocenters. The number of hydrogen-bond donors (Lipinski definition) is 1. The number of nitrogens with zero attached hydrogens (tertiary/aromatic N) is 3. The Morgan fingerprint density at radius 1 is 1.07 bits per heavy atom. The highest BCUT2D eigenvalue weighted by Crippen LogP contribution is 2.36. The van der Waals surface area contributed by atoms with Crippen LogP contribution in [0.1, 0.15) is 18.9 Å². The zero-order valence-corrected chi connectivity index (χ0v) is 15.8. The van der Waals surface area contributed by atoms with Gasteiger partial charge in [0.1, 0.15) is 0 Å². The Morgan fingerprint density at radius 3 is 2.74 bits per heavy atom. The van der Waals surface area contributed by atoms with E-state index >= 15 is 0 Å². The van der Waals surface area contributed by atoms with Crippen LogP contribution in [0.15, 0.2) is 65.8 Å². The Bertz CT molecular complexity index is 946. The Balaban J connectivity index is 1.69. The van der Waals surface area contributed by atoms with E-state index in [1.165, 1.54) is 0 Å². The minimum atomic E-state index is -0.353. The first-order valence-electron chi connectivity index (χ1n) is 8.97. The van der Waals surface area contributed by atoms with E-state index in [1.54, 1.807) is 11.8 Å². The number of anilines is 1. The molecule has 1 aliphatic heterocycles. The van der Waals surface area contributed by atoms with E-state index in [1.807, 2.05) is 54.6 Å². The molecule has 4 rings (SSSR count). The smallest absolute Gasteiger partial charge is 0.247 e. The summed E-state index contributed by atoms with van der Waals surface area (Å²) in [6.07, 6.45) is 4.72. The van der Waals surface area contributed by atoms with Gasteiger partial charge in [-0.05, 0) is 24.1 Å². The summed E-state index contributed by atoms with van der Waals surface area (Å²) < 4.78 is 6.16.